The molecule has 0 fully saturated rings. The number of phenols is 1. The number of aromatic hydroxyl groups is 1. The van der Waals surface area contributed by atoms with E-state index in [9.17, 15) is 5.11 Å². The van der Waals surface area contributed by atoms with Gasteiger partial charge in [-0.15, -0.1) is 0 Å². The predicted octanol–water partition coefficient (Wildman–Crippen LogP) is 3.11. The Kier molecular flexibility index (Phi) is 2.96. The molecule has 0 radical (unpaired) electrons. The van der Waals surface area contributed by atoms with Gasteiger partial charge < -0.3 is 10.1 Å². The lowest BCUT2D eigenvalue weighted by Gasteiger charge is -2.04. The molecule has 0 saturated heterocycles. The van der Waals surface area contributed by atoms with Crippen LogP contribution in [0.4, 0.5) is 0 Å². The fraction of sp³-hybridized carbons (Fsp3) is 0. The molecular weight excluding hydrogens is 280 g/mol. The number of aromatic amines is 1. The normalized spacial score (nSPS) is 11.1. The van der Waals surface area contributed by atoms with Crippen LogP contribution in [-0.2, 0) is 0 Å². The summed E-state index contributed by atoms with van der Waals surface area (Å²) in [6.07, 6.45) is 0. The molecule has 2 nitrogen and oxygen atoms in total. The van der Waals surface area contributed by atoms with Gasteiger partial charge in [0.1, 0.15) is 13.6 Å². The number of rotatable bonds is 1. The summed E-state index contributed by atoms with van der Waals surface area (Å²) >= 11 is 12.4. The number of fused-ring (bicyclic) bond motifs is 1. The third kappa shape index (κ3) is 2.09. The summed E-state index contributed by atoms with van der Waals surface area (Å²) < 4.78 is 0. The Morgan fingerprint density at radius 1 is 1.05 bits per heavy atom. The zero-order chi connectivity index (χ0) is 13.6. The fourth-order valence-corrected chi connectivity index (χ4v) is 2.65. The van der Waals surface area contributed by atoms with Gasteiger partial charge in [-0.25, -0.2) is 0 Å². The van der Waals surface area contributed by atoms with E-state index in [4.69, 9.17) is 23.2 Å². The van der Waals surface area contributed by atoms with Gasteiger partial charge in [-0.1, -0.05) is 34.7 Å². The highest BCUT2D eigenvalue weighted by atomic mass is 35.5. The predicted molar refractivity (Wildman–Crippen MR) is 83.6 cm³/mol. The van der Waals surface area contributed by atoms with E-state index in [1.54, 1.807) is 12.1 Å². The van der Waals surface area contributed by atoms with Gasteiger partial charge in [-0.05, 0) is 30.3 Å². The quantitative estimate of drug-likeness (QED) is 0.664. The fourth-order valence-electron chi connectivity index (χ4n) is 2.17. The molecule has 0 amide bonds. The van der Waals surface area contributed by atoms with Crippen molar-refractivity contribution in [3.8, 4) is 17.0 Å². The van der Waals surface area contributed by atoms with Crippen LogP contribution in [0.15, 0.2) is 36.4 Å². The highest BCUT2D eigenvalue weighted by molar-refractivity contribution is 6.39. The molecule has 2 N–H and O–H groups in total. The molecule has 0 saturated carbocycles. The second kappa shape index (κ2) is 4.51. The summed E-state index contributed by atoms with van der Waals surface area (Å²) in [4.78, 5) is 3.22. The van der Waals surface area contributed by atoms with Crippen molar-refractivity contribution in [2.24, 2.45) is 0 Å². The zero-order valence-corrected chi connectivity index (χ0v) is 11.7. The summed E-state index contributed by atoms with van der Waals surface area (Å²) in [5, 5.41) is 12.1. The topological polar surface area (TPSA) is 36.0 Å². The van der Waals surface area contributed by atoms with Gasteiger partial charge in [0.05, 0.1) is 10.7 Å². The monoisotopic (exact) mass is 289 g/mol. The number of nitrogens with one attached hydrogen (secondary N) is 1. The lowest BCUT2D eigenvalue weighted by atomic mass is 9.94. The van der Waals surface area contributed by atoms with Gasteiger partial charge in [-0.3, -0.25) is 0 Å². The Hall–Kier alpha value is -1.58. The molecule has 0 spiro atoms. The molecule has 0 atom stereocenters. The third-order valence-corrected chi connectivity index (χ3v) is 3.75. The van der Waals surface area contributed by atoms with Crippen molar-refractivity contribution < 1.29 is 5.11 Å². The maximum Gasteiger partial charge on any atom is 0.139 e. The van der Waals surface area contributed by atoms with Crippen LogP contribution in [0.1, 0.15) is 0 Å². The second-order valence-corrected chi connectivity index (χ2v) is 5.34. The lowest BCUT2D eigenvalue weighted by molar-refractivity contribution is 0.477. The molecule has 3 rings (SSSR count). The van der Waals surface area contributed by atoms with E-state index in [2.05, 4.69) is 4.98 Å². The smallest absolute Gasteiger partial charge is 0.139 e. The molecule has 0 bridgehead atoms. The van der Waals surface area contributed by atoms with Gasteiger partial charge in [0.15, 0.2) is 0 Å². The van der Waals surface area contributed by atoms with Crippen LogP contribution in [0.5, 0.6) is 5.75 Å². The van der Waals surface area contributed by atoms with Crippen LogP contribution in [0.3, 0.4) is 0 Å². The Morgan fingerprint density at radius 3 is 2.58 bits per heavy atom. The van der Waals surface area contributed by atoms with E-state index in [-0.39, 0.29) is 5.75 Å². The minimum absolute atomic E-state index is 0.208. The average Bonchev–Trinajstić information content (AvgIpc) is 2.67. The minimum Gasteiger partial charge on any atom is -0.507 e. The molecule has 5 heteroatoms. The van der Waals surface area contributed by atoms with Crippen molar-refractivity contribution in [3.63, 3.8) is 0 Å². The molecular formula is C14H10BCl2NO. The van der Waals surface area contributed by atoms with Crippen LogP contribution < -0.4 is 5.46 Å². The number of aromatic nitrogens is 1. The Labute approximate surface area is 121 Å². The molecule has 1 heterocycles. The molecule has 0 aliphatic heterocycles. The first kappa shape index (κ1) is 12.5. The van der Waals surface area contributed by atoms with Crippen LogP contribution in [0, 0.1) is 0 Å². The van der Waals surface area contributed by atoms with Crippen LogP contribution >= 0.6 is 23.2 Å². The molecule has 3 aromatic rings. The van der Waals surface area contributed by atoms with E-state index < -0.39 is 0 Å². The first-order valence-corrected chi connectivity index (χ1v) is 6.58. The minimum atomic E-state index is 0.208. The number of hydrogen-bond donors (Lipinski definition) is 2. The molecule has 2 aromatic carbocycles. The summed E-state index contributed by atoms with van der Waals surface area (Å²) in [5.74, 6) is 0.208. The number of benzene rings is 2. The van der Waals surface area contributed by atoms with E-state index in [1.807, 2.05) is 32.1 Å². The summed E-state index contributed by atoms with van der Waals surface area (Å²) in [7, 11) is 1.93. The highest BCUT2D eigenvalue weighted by Crippen LogP contribution is 2.38. The molecule has 0 unspecified atom stereocenters. The maximum atomic E-state index is 10.0. The number of phenolic OH excluding ortho intramolecular Hbond substituents is 1. The number of hydrogen-bond acceptors (Lipinski definition) is 1. The third-order valence-electron chi connectivity index (χ3n) is 3.12. The number of H-pyrrole nitrogens is 1. The van der Waals surface area contributed by atoms with Crippen LogP contribution in [-0.4, -0.2) is 17.9 Å². The largest absolute Gasteiger partial charge is 0.507 e. The molecule has 19 heavy (non-hydrogen) atoms. The van der Waals surface area contributed by atoms with Gasteiger partial charge in [-0.2, -0.15) is 0 Å². The summed E-state index contributed by atoms with van der Waals surface area (Å²) in [5.41, 5.74) is 3.28. The van der Waals surface area contributed by atoms with Crippen molar-refractivity contribution in [1.82, 2.24) is 4.98 Å². The molecule has 94 valence electrons. The summed E-state index contributed by atoms with van der Waals surface area (Å²) in [6, 6.07) is 11.0. The zero-order valence-electron chi connectivity index (χ0n) is 10.2. The first-order chi connectivity index (χ1) is 9.06. The molecule has 1 aromatic heterocycles. The van der Waals surface area contributed by atoms with E-state index in [0.29, 0.717) is 21.3 Å². The average molecular weight is 290 g/mol. The van der Waals surface area contributed by atoms with E-state index in [0.717, 1.165) is 16.4 Å². The molecule has 0 aliphatic carbocycles. The van der Waals surface area contributed by atoms with Gasteiger partial charge >= 0.3 is 0 Å². The SMILES string of the molecule is Bc1ccc(-c2[nH]c3ccc(Cl)cc3c2Cl)c(O)c1. The van der Waals surface area contributed by atoms with Crippen molar-refractivity contribution >= 4 is 47.4 Å². The van der Waals surface area contributed by atoms with Crippen molar-refractivity contribution in [2.75, 3.05) is 0 Å². The molecule has 0 aliphatic rings. The van der Waals surface area contributed by atoms with Crippen molar-refractivity contribution in [1.29, 1.82) is 0 Å². The Balaban J connectivity index is 2.28. The van der Waals surface area contributed by atoms with Crippen LogP contribution in [0.2, 0.25) is 10.0 Å². The van der Waals surface area contributed by atoms with E-state index in [1.165, 1.54) is 0 Å². The standard InChI is InChI=1S/C14H10BCl2NO/c15-7-1-3-9(12(19)5-7)14-13(17)10-6-8(16)2-4-11(10)18-14/h1-6,18-19H,15H2. The second-order valence-electron chi connectivity index (χ2n) is 4.52. The Morgan fingerprint density at radius 2 is 1.84 bits per heavy atom. The van der Waals surface area contributed by atoms with Gasteiger partial charge in [0.2, 0.25) is 0 Å². The van der Waals surface area contributed by atoms with E-state index >= 15 is 0 Å². The first-order valence-electron chi connectivity index (χ1n) is 5.83. The van der Waals surface area contributed by atoms with Crippen LogP contribution in [0.25, 0.3) is 22.2 Å². The highest BCUT2D eigenvalue weighted by Gasteiger charge is 2.14. The van der Waals surface area contributed by atoms with Crippen molar-refractivity contribution in [2.45, 2.75) is 0 Å². The maximum absolute atomic E-state index is 10.0. The lowest BCUT2D eigenvalue weighted by Crippen LogP contribution is -2.00. The van der Waals surface area contributed by atoms with Gasteiger partial charge in [0, 0.05) is 21.5 Å². The summed E-state index contributed by atoms with van der Waals surface area (Å²) in [6.45, 7) is 0. The Bertz CT molecular complexity index is 782. The number of halogens is 2. The van der Waals surface area contributed by atoms with Crippen molar-refractivity contribution in [3.05, 3.63) is 46.4 Å². The van der Waals surface area contributed by atoms with Gasteiger partial charge in [0.25, 0.3) is 0 Å².